The maximum atomic E-state index is 15.5. The van der Waals surface area contributed by atoms with Crippen LogP contribution in [0, 0.1) is 12.7 Å². The molecule has 1 fully saturated rings. The summed E-state index contributed by atoms with van der Waals surface area (Å²) in [5.41, 5.74) is 6.89. The first-order valence-electron chi connectivity index (χ1n) is 32.7. The van der Waals surface area contributed by atoms with Gasteiger partial charge >= 0.3 is 12.1 Å². The first kappa shape index (κ1) is 69.8. The first-order valence-corrected chi connectivity index (χ1v) is 32.7. The van der Waals surface area contributed by atoms with E-state index in [0.717, 1.165) is 44.3 Å². The molecule has 5 aliphatic rings. The number of aliphatic hydroxyl groups is 5. The fraction of sp³-hybridized carbons (Fsp3) is 0.429. The number of carbonyl (C=O) groups is 8. The Bertz CT molecular complexity index is 4090. The zero-order valence-electron chi connectivity index (χ0n) is 53.9. The number of hydrogen-bond acceptors (Lipinski definition) is 19. The molecule has 4 aromatic carbocycles. The van der Waals surface area contributed by atoms with Crippen LogP contribution in [0.5, 0.6) is 0 Å². The van der Waals surface area contributed by atoms with Gasteiger partial charge < -0.3 is 86.3 Å². The van der Waals surface area contributed by atoms with Crippen LogP contribution in [0.1, 0.15) is 107 Å². The quantitative estimate of drug-likeness (QED) is 0.0195. The molecule has 12 N–H and O–H groups in total. The van der Waals surface area contributed by atoms with E-state index in [9.17, 15) is 68.7 Å². The van der Waals surface area contributed by atoms with Crippen LogP contribution >= 0.6 is 0 Å². The number of aliphatic hydroxyl groups excluding tert-OH is 4. The van der Waals surface area contributed by atoms with Crippen LogP contribution in [0.15, 0.2) is 95.8 Å². The molecule has 5 heterocycles. The Labute approximate surface area is 561 Å². The normalized spacial score (nSPS) is 20.8. The van der Waals surface area contributed by atoms with Crippen molar-refractivity contribution in [2.24, 2.45) is 0 Å². The van der Waals surface area contributed by atoms with Crippen molar-refractivity contribution in [1.82, 2.24) is 46.8 Å². The van der Waals surface area contributed by atoms with Gasteiger partial charge in [0, 0.05) is 54.5 Å². The fourth-order valence-electron chi connectivity index (χ4n) is 13.7. The van der Waals surface area contributed by atoms with Gasteiger partial charge in [-0.1, -0.05) is 85.8 Å². The molecule has 0 bridgehead atoms. The highest BCUT2D eigenvalue weighted by Crippen LogP contribution is 2.48. The Balaban J connectivity index is 0.650. The minimum atomic E-state index is -2.02. The van der Waals surface area contributed by atoms with Crippen molar-refractivity contribution in [3.05, 3.63) is 157 Å². The zero-order chi connectivity index (χ0) is 69.5. The molecule has 3 aliphatic heterocycles. The van der Waals surface area contributed by atoms with Crippen LogP contribution in [0.3, 0.4) is 0 Å². The lowest BCUT2D eigenvalue weighted by Crippen LogP contribution is -2.60. The second-order valence-electron chi connectivity index (χ2n) is 25.1. The minimum Gasteiger partial charge on any atom is -0.458 e. The number of aryl methyl sites for hydroxylation is 1. The van der Waals surface area contributed by atoms with Gasteiger partial charge in [-0.25, -0.2) is 19.0 Å². The lowest BCUT2D eigenvalue weighted by atomic mass is 9.76. The van der Waals surface area contributed by atoms with E-state index < -0.39 is 140 Å². The predicted octanol–water partition coefficient (Wildman–Crippen LogP) is 1.15. The highest BCUT2D eigenvalue weighted by molar-refractivity contribution is 5.95. The van der Waals surface area contributed by atoms with E-state index in [1.807, 2.05) is 48.5 Å². The second kappa shape index (κ2) is 30.5. The van der Waals surface area contributed by atoms with E-state index in [-0.39, 0.29) is 81.9 Å². The van der Waals surface area contributed by atoms with Gasteiger partial charge in [0.15, 0.2) is 5.60 Å². The summed E-state index contributed by atoms with van der Waals surface area (Å²) in [6.45, 7) is 0.251. The van der Waals surface area contributed by atoms with E-state index in [1.54, 1.807) is 54.8 Å². The number of nitrogens with one attached hydrogen (secondary N) is 7. The Hall–Kier alpha value is -9.55. The molecule has 11 rings (SSSR count). The number of halogens is 1. The summed E-state index contributed by atoms with van der Waals surface area (Å²) in [5.74, 6) is -6.20. The first-order chi connectivity index (χ1) is 47.2. The van der Waals surface area contributed by atoms with E-state index in [1.165, 1.54) is 6.07 Å². The molecule has 6 aromatic rings. The van der Waals surface area contributed by atoms with Crippen molar-refractivity contribution in [3.63, 3.8) is 0 Å². The minimum absolute atomic E-state index is 0.0118. The summed E-state index contributed by atoms with van der Waals surface area (Å²) >= 11 is 0. The highest BCUT2D eigenvalue weighted by atomic mass is 19.1. The van der Waals surface area contributed by atoms with Gasteiger partial charge in [-0.15, -0.1) is 0 Å². The fourth-order valence-corrected chi connectivity index (χ4v) is 13.7. The molecule has 2 aliphatic carbocycles. The number of ether oxygens (including phenoxy) is 4. The van der Waals surface area contributed by atoms with E-state index in [2.05, 4.69) is 37.2 Å². The van der Waals surface area contributed by atoms with E-state index in [4.69, 9.17) is 23.9 Å². The maximum Gasteiger partial charge on any atom is 0.407 e. The monoisotopic (exact) mass is 1350 g/mol. The molecule has 98 heavy (non-hydrogen) atoms. The number of aromatic nitrogens is 2. The molecule has 518 valence electrons. The molecule has 9 atom stereocenters. The third-order valence-corrected chi connectivity index (χ3v) is 19.0. The van der Waals surface area contributed by atoms with Crippen LogP contribution in [-0.4, -0.2) is 178 Å². The maximum absolute atomic E-state index is 15.5. The number of rotatable bonds is 27. The Morgan fingerprint density at radius 3 is 2.13 bits per heavy atom. The highest BCUT2D eigenvalue weighted by Gasteiger charge is 2.47. The number of benzene rings is 4. The number of carbonyl (C=O) groups excluding carboxylic acids is 8. The van der Waals surface area contributed by atoms with Gasteiger partial charge in [0.05, 0.1) is 55.3 Å². The van der Waals surface area contributed by atoms with Gasteiger partial charge in [0.2, 0.25) is 35.4 Å². The van der Waals surface area contributed by atoms with E-state index in [0.29, 0.717) is 53.7 Å². The standard InChI is InChI=1S/C70H78FN9O18/c1-3-70(94)47-25-52-61-44(31-80(52)67(91)46(47)34-96-68(70)92)59-38(19-20-39-36(2)48(71)26-50(78-61)60(39)59)14-11-23-95-35-76-57(84)29-75-66(90)51(24-37-12-5-4-6-13-37)77-58(85)30-73-56(83)28-74-65(89)49(21-22-55(82)72-27-53-62(86)64(88)63(87)54(32-81)98-53)79-69(93)97-33-45-42-17-9-7-15-40(42)41-16-8-10-18-43(41)45/h4-10,12-13,15-18,25-26,38,45,49,51,53-54,62-64,81,86-88,94H,3,11,14,19-24,27-35H2,1-2H3,(H,72,82)(H,73,83)(H,74,89)(H,75,90)(H,76,84)(H,77,85)(H,79,93)/t38?,49-,51-,53-,54+,62-,63+,64+,70-/m0/s1. The zero-order valence-corrected chi connectivity index (χ0v) is 53.9. The Morgan fingerprint density at radius 1 is 0.765 bits per heavy atom. The third-order valence-electron chi connectivity index (χ3n) is 19.0. The van der Waals surface area contributed by atoms with Gasteiger partial charge in [0.1, 0.15) is 68.4 Å². The summed E-state index contributed by atoms with van der Waals surface area (Å²) in [6, 6.07) is 24.3. The molecule has 1 saturated heterocycles. The average Bonchev–Trinajstić information content (AvgIpc) is 1.49. The molecule has 0 radical (unpaired) electrons. The van der Waals surface area contributed by atoms with Crippen LogP contribution in [0.4, 0.5) is 9.18 Å². The van der Waals surface area contributed by atoms with E-state index >= 15 is 4.39 Å². The summed E-state index contributed by atoms with van der Waals surface area (Å²) in [5, 5.41) is 70.2. The summed E-state index contributed by atoms with van der Waals surface area (Å²) in [6.07, 6.45) is -6.73. The van der Waals surface area contributed by atoms with Gasteiger partial charge in [-0.05, 0) is 102 Å². The van der Waals surface area contributed by atoms with Crippen molar-refractivity contribution in [3.8, 4) is 22.5 Å². The molecular formula is C70H78FN9O18. The number of alkyl carbamates (subject to hydrolysis) is 1. The predicted molar refractivity (Wildman–Crippen MR) is 348 cm³/mol. The van der Waals surface area contributed by atoms with Crippen molar-refractivity contribution in [1.29, 1.82) is 0 Å². The number of fused-ring (bicyclic) bond motifs is 8. The number of pyridine rings is 2. The number of hydrogen-bond donors (Lipinski definition) is 12. The van der Waals surface area contributed by atoms with Crippen molar-refractivity contribution in [2.75, 3.05) is 52.7 Å². The lowest BCUT2D eigenvalue weighted by Gasteiger charge is -2.40. The van der Waals surface area contributed by atoms with Gasteiger partial charge in [-0.3, -0.25) is 33.6 Å². The third kappa shape index (κ3) is 14.8. The largest absolute Gasteiger partial charge is 0.458 e. The number of cyclic esters (lactones) is 1. The Kier molecular flexibility index (Phi) is 21.7. The molecule has 0 saturated carbocycles. The van der Waals surface area contributed by atoms with Crippen LogP contribution in [-0.2, 0) is 84.1 Å². The molecule has 0 spiro atoms. The van der Waals surface area contributed by atoms with Crippen LogP contribution in [0.2, 0.25) is 0 Å². The van der Waals surface area contributed by atoms with Crippen molar-refractivity contribution >= 4 is 58.4 Å². The Morgan fingerprint density at radius 2 is 1.43 bits per heavy atom. The molecule has 7 amide bonds. The van der Waals surface area contributed by atoms with Crippen LogP contribution in [0.25, 0.3) is 33.4 Å². The molecule has 28 heteroatoms. The van der Waals surface area contributed by atoms with Gasteiger partial charge in [-0.2, -0.15) is 0 Å². The topological polar surface area (TPSA) is 394 Å². The summed E-state index contributed by atoms with van der Waals surface area (Å²) in [4.78, 5) is 125. The molecule has 1 unspecified atom stereocenters. The smallest absolute Gasteiger partial charge is 0.407 e. The van der Waals surface area contributed by atoms with Gasteiger partial charge in [0.25, 0.3) is 5.56 Å². The van der Waals surface area contributed by atoms with Crippen molar-refractivity contribution in [2.45, 2.75) is 138 Å². The summed E-state index contributed by atoms with van der Waals surface area (Å²) in [7, 11) is 0. The molecule has 2 aromatic heterocycles. The lowest BCUT2D eigenvalue weighted by molar-refractivity contribution is -0.227. The number of nitrogens with zero attached hydrogens (tertiary/aromatic N) is 2. The molecular weight excluding hydrogens is 1270 g/mol. The SMILES string of the molecule is CC[C@@]1(O)C(=O)OCc2c1cc1n(c2=O)Cc2c-1nc1cc(F)c(C)c3c1c2C(CCCOCNC(=O)CNC(=O)[C@H](Cc1ccccc1)NC(=O)CNC(=O)CNC(=O)[C@H](CCC(=O)NC[C@@H]1O[C@H](CO)[C@@H](O)[C@H](O)[C@H]1O)NC(=O)OCC1c2ccccc2-c2ccccc21)CC3. The second-order valence-corrected chi connectivity index (χ2v) is 25.1. The molecule has 27 nitrogen and oxygen atoms in total. The average molecular weight is 1350 g/mol. The van der Waals surface area contributed by atoms with Crippen molar-refractivity contribution < 1.29 is 87.2 Å². The summed E-state index contributed by atoms with van der Waals surface area (Å²) < 4.78 is 39.3. The number of amides is 7. The number of esters is 1. The van der Waals surface area contributed by atoms with Crippen LogP contribution < -0.4 is 42.8 Å².